The summed E-state index contributed by atoms with van der Waals surface area (Å²) in [4.78, 5) is 18.8. The lowest BCUT2D eigenvalue weighted by molar-refractivity contribution is 0.305. The zero-order valence-corrected chi connectivity index (χ0v) is 26.5. The van der Waals surface area contributed by atoms with Gasteiger partial charge in [-0.15, -0.1) is 5.10 Å². The van der Waals surface area contributed by atoms with Crippen molar-refractivity contribution in [1.82, 2.24) is 24.4 Å². The summed E-state index contributed by atoms with van der Waals surface area (Å²) < 4.78 is 9.76. The maximum absolute atomic E-state index is 13.5. The van der Waals surface area contributed by atoms with Crippen LogP contribution in [0.3, 0.4) is 0 Å². The summed E-state index contributed by atoms with van der Waals surface area (Å²) in [6.45, 7) is 9.47. The molecule has 224 valence electrons. The molecule has 0 amide bonds. The molecule has 0 bridgehead atoms. The Morgan fingerprint density at radius 2 is 1.59 bits per heavy atom. The topological polar surface area (TPSA) is 74.3 Å². The van der Waals surface area contributed by atoms with Gasteiger partial charge in [0.15, 0.2) is 5.82 Å². The lowest BCUT2D eigenvalue weighted by atomic mass is 9.87. The second-order valence-corrected chi connectivity index (χ2v) is 13.0. The Bertz CT molecular complexity index is 1970. The summed E-state index contributed by atoms with van der Waals surface area (Å²) in [5.41, 5.74) is 5.48. The summed E-state index contributed by atoms with van der Waals surface area (Å²) in [5.74, 6) is 1.39. The van der Waals surface area contributed by atoms with Crippen LogP contribution in [0.25, 0.3) is 39.4 Å². The molecular formula is C36H37N5O2S. The van der Waals surface area contributed by atoms with Gasteiger partial charge in [0.2, 0.25) is 4.96 Å². The van der Waals surface area contributed by atoms with Crippen molar-refractivity contribution in [3.8, 4) is 34.1 Å². The molecular weight excluding hydrogens is 566 g/mol. The van der Waals surface area contributed by atoms with Gasteiger partial charge in [0.1, 0.15) is 11.4 Å². The number of rotatable bonds is 10. The molecule has 0 atom stereocenters. The van der Waals surface area contributed by atoms with Gasteiger partial charge in [-0.25, -0.2) is 4.68 Å². The van der Waals surface area contributed by atoms with Gasteiger partial charge in [-0.05, 0) is 59.9 Å². The minimum Gasteiger partial charge on any atom is -0.494 e. The van der Waals surface area contributed by atoms with Crippen molar-refractivity contribution in [1.29, 1.82) is 0 Å². The van der Waals surface area contributed by atoms with E-state index < -0.39 is 0 Å². The van der Waals surface area contributed by atoms with Crippen LogP contribution in [-0.4, -0.2) is 31.0 Å². The first kappa shape index (κ1) is 29.5. The van der Waals surface area contributed by atoms with E-state index in [1.54, 1.807) is 0 Å². The third kappa shape index (κ3) is 6.36. The fourth-order valence-corrected chi connectivity index (χ4v) is 5.97. The van der Waals surface area contributed by atoms with Crippen molar-refractivity contribution in [3.63, 3.8) is 0 Å². The fourth-order valence-electron chi connectivity index (χ4n) is 5.07. The molecule has 0 unspecified atom stereocenters. The van der Waals surface area contributed by atoms with Gasteiger partial charge in [0.25, 0.3) is 5.56 Å². The molecule has 3 aromatic heterocycles. The predicted molar refractivity (Wildman–Crippen MR) is 179 cm³/mol. The number of hydrogen-bond donors (Lipinski definition) is 0. The first-order valence-electron chi connectivity index (χ1n) is 15.2. The summed E-state index contributed by atoms with van der Waals surface area (Å²) >= 11 is 1.33. The molecule has 0 aliphatic rings. The summed E-state index contributed by atoms with van der Waals surface area (Å²) in [6.07, 6.45) is 8.52. The van der Waals surface area contributed by atoms with Crippen LogP contribution in [0.4, 0.5) is 0 Å². The van der Waals surface area contributed by atoms with Crippen molar-refractivity contribution in [3.05, 3.63) is 111 Å². The molecule has 0 saturated heterocycles. The highest BCUT2D eigenvalue weighted by Gasteiger charge is 2.17. The van der Waals surface area contributed by atoms with Gasteiger partial charge in [-0.3, -0.25) is 4.79 Å². The normalized spacial score (nSPS) is 12.3. The molecule has 0 spiro atoms. The van der Waals surface area contributed by atoms with E-state index in [9.17, 15) is 4.79 Å². The summed E-state index contributed by atoms with van der Waals surface area (Å²) in [5, 5.41) is 9.50. The molecule has 6 aromatic rings. The predicted octanol–water partition coefficient (Wildman–Crippen LogP) is 7.48. The molecule has 3 aromatic carbocycles. The van der Waals surface area contributed by atoms with Crippen LogP contribution in [0.5, 0.6) is 5.75 Å². The zero-order valence-electron chi connectivity index (χ0n) is 25.7. The number of aromatic nitrogens is 5. The maximum Gasteiger partial charge on any atom is 0.291 e. The lowest BCUT2D eigenvalue weighted by Gasteiger charge is -2.18. The number of fused-ring (bicyclic) bond motifs is 1. The molecule has 0 N–H and O–H groups in total. The Morgan fingerprint density at radius 3 is 2.27 bits per heavy atom. The SMILES string of the molecule is CCCCCCOc1ccc(-c2nn(-c3ccccc3)cc2C=c2sc3nc(-c4ccc(C(C)(C)C)cc4)nn3c2=O)cc1. The van der Waals surface area contributed by atoms with Crippen molar-refractivity contribution in [2.45, 2.75) is 58.8 Å². The minimum absolute atomic E-state index is 0.0598. The molecule has 0 aliphatic carbocycles. The van der Waals surface area contributed by atoms with E-state index in [2.05, 4.69) is 44.9 Å². The first-order chi connectivity index (χ1) is 21.3. The summed E-state index contributed by atoms with van der Waals surface area (Å²) in [7, 11) is 0. The second kappa shape index (κ2) is 12.6. The highest BCUT2D eigenvalue weighted by molar-refractivity contribution is 7.15. The highest BCUT2D eigenvalue weighted by Crippen LogP contribution is 2.28. The van der Waals surface area contributed by atoms with Crippen molar-refractivity contribution >= 4 is 22.4 Å². The number of nitrogens with zero attached hydrogens (tertiary/aromatic N) is 5. The van der Waals surface area contributed by atoms with Gasteiger partial charge in [-0.1, -0.05) is 101 Å². The first-order valence-corrected chi connectivity index (χ1v) is 16.0. The van der Waals surface area contributed by atoms with E-state index in [1.807, 2.05) is 83.7 Å². The van der Waals surface area contributed by atoms with Crippen LogP contribution in [-0.2, 0) is 5.41 Å². The van der Waals surface area contributed by atoms with E-state index in [1.165, 1.54) is 40.7 Å². The van der Waals surface area contributed by atoms with E-state index in [4.69, 9.17) is 14.8 Å². The molecule has 0 aliphatic heterocycles. The molecule has 44 heavy (non-hydrogen) atoms. The number of ether oxygens (including phenoxy) is 1. The van der Waals surface area contributed by atoms with Crippen LogP contribution in [0.2, 0.25) is 0 Å². The van der Waals surface area contributed by atoms with Crippen molar-refractivity contribution in [2.75, 3.05) is 6.61 Å². The lowest BCUT2D eigenvalue weighted by Crippen LogP contribution is -2.23. The largest absolute Gasteiger partial charge is 0.494 e. The van der Waals surface area contributed by atoms with E-state index in [-0.39, 0.29) is 11.0 Å². The highest BCUT2D eigenvalue weighted by atomic mass is 32.1. The van der Waals surface area contributed by atoms with Crippen LogP contribution >= 0.6 is 11.3 Å². The Balaban J connectivity index is 1.33. The molecule has 6 rings (SSSR count). The van der Waals surface area contributed by atoms with Crippen LogP contribution in [0.1, 0.15) is 64.5 Å². The van der Waals surface area contributed by atoms with Gasteiger partial charge >= 0.3 is 0 Å². The van der Waals surface area contributed by atoms with Crippen molar-refractivity contribution in [2.24, 2.45) is 0 Å². The third-order valence-electron chi connectivity index (χ3n) is 7.64. The van der Waals surface area contributed by atoms with Gasteiger partial charge in [0.05, 0.1) is 16.8 Å². The zero-order chi connectivity index (χ0) is 30.7. The number of hydrogen-bond acceptors (Lipinski definition) is 6. The Labute approximate surface area is 261 Å². The Hall–Kier alpha value is -4.56. The van der Waals surface area contributed by atoms with E-state index in [0.717, 1.165) is 40.2 Å². The number of benzene rings is 3. The molecule has 0 radical (unpaired) electrons. The van der Waals surface area contributed by atoms with E-state index >= 15 is 0 Å². The number of thiazole rings is 1. The standard InChI is InChI=1S/C36H37N5O2S/c1-5-6-7-11-22-43-30-20-16-25(17-21-30)32-27(24-40(38-32)29-12-9-8-10-13-29)23-31-34(42)41-35(44-31)37-33(39-41)26-14-18-28(19-15-26)36(2,3)4/h8-10,12-21,23-24H,5-7,11,22H2,1-4H3. The quantitative estimate of drug-likeness (QED) is 0.152. The molecule has 7 nitrogen and oxygen atoms in total. The van der Waals surface area contributed by atoms with Crippen LogP contribution < -0.4 is 14.8 Å². The maximum atomic E-state index is 13.5. The minimum atomic E-state index is -0.194. The van der Waals surface area contributed by atoms with Gasteiger partial charge in [-0.2, -0.15) is 14.6 Å². The molecule has 0 fully saturated rings. The smallest absolute Gasteiger partial charge is 0.291 e. The van der Waals surface area contributed by atoms with Gasteiger partial charge < -0.3 is 4.74 Å². The summed E-state index contributed by atoms with van der Waals surface area (Å²) in [6, 6.07) is 26.2. The third-order valence-corrected chi connectivity index (χ3v) is 8.59. The second-order valence-electron chi connectivity index (χ2n) is 12.0. The average molecular weight is 604 g/mol. The molecule has 8 heteroatoms. The monoisotopic (exact) mass is 603 g/mol. The molecule has 0 saturated carbocycles. The van der Waals surface area contributed by atoms with Gasteiger partial charge in [0, 0.05) is 22.9 Å². The van der Waals surface area contributed by atoms with Crippen LogP contribution in [0.15, 0.2) is 89.9 Å². The Kier molecular flexibility index (Phi) is 8.44. The van der Waals surface area contributed by atoms with E-state index in [0.29, 0.717) is 21.9 Å². The average Bonchev–Trinajstić information content (AvgIpc) is 3.72. The number of para-hydroxylation sites is 1. The Morgan fingerprint density at radius 1 is 0.864 bits per heavy atom. The molecule has 3 heterocycles. The van der Waals surface area contributed by atoms with Crippen LogP contribution in [0, 0.1) is 0 Å². The number of unbranched alkanes of at least 4 members (excludes halogenated alkanes) is 3. The fraction of sp³-hybridized carbons (Fsp3) is 0.278. The van der Waals surface area contributed by atoms with Crippen molar-refractivity contribution < 1.29 is 4.74 Å².